The van der Waals surface area contributed by atoms with Gasteiger partial charge >= 0.3 is 5.97 Å². The molecule has 2 amide bonds. The van der Waals surface area contributed by atoms with Crippen LogP contribution in [0.25, 0.3) is 0 Å². The maximum absolute atomic E-state index is 11.8. The summed E-state index contributed by atoms with van der Waals surface area (Å²) in [4.78, 5) is 35.0. The second-order valence-electron chi connectivity index (χ2n) is 5.41. The van der Waals surface area contributed by atoms with Crippen molar-refractivity contribution in [1.29, 1.82) is 0 Å². The van der Waals surface area contributed by atoms with Crippen molar-refractivity contribution in [3.05, 3.63) is 41.1 Å². The molecule has 0 aliphatic heterocycles. The van der Waals surface area contributed by atoms with E-state index in [0.717, 1.165) is 0 Å². The molecular formula is C17H18ClN3O5. The monoisotopic (exact) mass is 379 g/mol. The quantitative estimate of drug-likeness (QED) is 0.682. The molecule has 2 rings (SSSR count). The number of carbonyl (C=O) groups excluding carboxylic acids is 3. The molecule has 9 heteroatoms. The first-order valence-electron chi connectivity index (χ1n) is 7.87. The molecule has 1 aromatic heterocycles. The van der Waals surface area contributed by atoms with E-state index in [1.807, 2.05) is 0 Å². The summed E-state index contributed by atoms with van der Waals surface area (Å²) in [5.74, 6) is -0.553. The zero-order chi connectivity index (χ0) is 18.9. The maximum Gasteiger partial charge on any atom is 0.306 e. The molecule has 1 aromatic carbocycles. The molecule has 0 spiro atoms. The second kappa shape index (κ2) is 9.57. The van der Waals surface area contributed by atoms with Crippen LogP contribution in [0.2, 0.25) is 5.02 Å². The standard InChI is InChI=1S/C17H18ClN3O5/c1-11-9-14(21-26-11)20-16(23)10-25-17(24)8-4-7-15(22)19-13-6-3-2-5-12(13)18/h2-3,5-6,9H,4,7-8,10H2,1H3,(H,19,22)(H,20,21,23). The van der Waals surface area contributed by atoms with E-state index in [2.05, 4.69) is 15.8 Å². The van der Waals surface area contributed by atoms with Gasteiger partial charge in [-0.05, 0) is 25.5 Å². The van der Waals surface area contributed by atoms with Crippen molar-refractivity contribution in [2.24, 2.45) is 0 Å². The molecule has 2 N–H and O–H groups in total. The fraction of sp³-hybridized carbons (Fsp3) is 0.294. The minimum absolute atomic E-state index is 0.0201. The number of hydrogen-bond acceptors (Lipinski definition) is 6. The van der Waals surface area contributed by atoms with Gasteiger partial charge in [-0.15, -0.1) is 0 Å². The Labute approximate surface area is 154 Å². The number of rotatable bonds is 8. The Bertz CT molecular complexity index is 790. The lowest BCUT2D eigenvalue weighted by atomic mass is 10.2. The number of ether oxygens (including phenoxy) is 1. The molecule has 0 unspecified atom stereocenters. The van der Waals surface area contributed by atoms with Gasteiger partial charge in [-0.1, -0.05) is 28.9 Å². The molecule has 8 nitrogen and oxygen atoms in total. The highest BCUT2D eigenvalue weighted by Gasteiger charge is 2.11. The fourth-order valence-electron chi connectivity index (χ4n) is 1.99. The molecule has 0 aliphatic rings. The minimum Gasteiger partial charge on any atom is -0.456 e. The predicted molar refractivity (Wildman–Crippen MR) is 94.8 cm³/mol. The van der Waals surface area contributed by atoms with Gasteiger partial charge in [0.15, 0.2) is 12.4 Å². The molecule has 0 fully saturated rings. The van der Waals surface area contributed by atoms with E-state index in [1.54, 1.807) is 31.2 Å². The van der Waals surface area contributed by atoms with Crippen LogP contribution in [0, 0.1) is 6.92 Å². The highest BCUT2D eigenvalue weighted by molar-refractivity contribution is 6.33. The number of nitrogens with one attached hydrogen (secondary N) is 2. The average Bonchev–Trinajstić information content (AvgIpc) is 3.00. The number of esters is 1. The highest BCUT2D eigenvalue weighted by atomic mass is 35.5. The van der Waals surface area contributed by atoms with Crippen LogP contribution in [0.15, 0.2) is 34.9 Å². The second-order valence-corrected chi connectivity index (χ2v) is 5.82. The van der Waals surface area contributed by atoms with E-state index in [0.29, 0.717) is 22.9 Å². The van der Waals surface area contributed by atoms with Gasteiger partial charge in [0.1, 0.15) is 5.76 Å². The van der Waals surface area contributed by atoms with Crippen LogP contribution in [0.5, 0.6) is 0 Å². The number of benzene rings is 1. The molecule has 0 bridgehead atoms. The Morgan fingerprint density at radius 1 is 1.15 bits per heavy atom. The summed E-state index contributed by atoms with van der Waals surface area (Å²) in [6.45, 7) is 1.25. The molecule has 2 aromatic rings. The number of carbonyl (C=O) groups is 3. The normalized spacial score (nSPS) is 10.2. The highest BCUT2D eigenvalue weighted by Crippen LogP contribution is 2.20. The first-order valence-corrected chi connectivity index (χ1v) is 8.25. The van der Waals surface area contributed by atoms with Crippen LogP contribution in [0.4, 0.5) is 11.5 Å². The van der Waals surface area contributed by atoms with Gasteiger partial charge in [0.25, 0.3) is 5.91 Å². The Morgan fingerprint density at radius 3 is 2.62 bits per heavy atom. The van der Waals surface area contributed by atoms with Crippen LogP contribution in [-0.2, 0) is 19.1 Å². The first-order chi connectivity index (χ1) is 12.4. The van der Waals surface area contributed by atoms with Crippen molar-refractivity contribution >= 4 is 40.9 Å². The third-order valence-electron chi connectivity index (χ3n) is 3.19. The minimum atomic E-state index is -0.568. The van der Waals surface area contributed by atoms with Crippen LogP contribution < -0.4 is 10.6 Å². The van der Waals surface area contributed by atoms with Gasteiger partial charge in [-0.25, -0.2) is 0 Å². The van der Waals surface area contributed by atoms with Gasteiger partial charge in [0, 0.05) is 18.9 Å². The molecule has 0 saturated carbocycles. The zero-order valence-corrected chi connectivity index (χ0v) is 14.8. The van der Waals surface area contributed by atoms with Crippen LogP contribution in [-0.4, -0.2) is 29.5 Å². The summed E-state index contributed by atoms with van der Waals surface area (Å²) in [6.07, 6.45) is 0.441. The van der Waals surface area contributed by atoms with E-state index in [-0.39, 0.29) is 24.6 Å². The van der Waals surface area contributed by atoms with Crippen molar-refractivity contribution in [2.75, 3.05) is 17.2 Å². The van der Waals surface area contributed by atoms with Gasteiger partial charge in [-0.2, -0.15) is 0 Å². The summed E-state index contributed by atoms with van der Waals surface area (Å²) in [6, 6.07) is 8.40. The predicted octanol–water partition coefficient (Wildman–Crippen LogP) is 2.93. The number of hydrogen-bond donors (Lipinski definition) is 2. The average molecular weight is 380 g/mol. The third kappa shape index (κ3) is 6.56. The molecule has 1 heterocycles. The Morgan fingerprint density at radius 2 is 1.92 bits per heavy atom. The maximum atomic E-state index is 11.8. The SMILES string of the molecule is Cc1cc(NC(=O)COC(=O)CCCC(=O)Nc2ccccc2Cl)no1. The molecule has 0 radical (unpaired) electrons. The smallest absolute Gasteiger partial charge is 0.306 e. The number of amides is 2. The molecule has 26 heavy (non-hydrogen) atoms. The Hall–Kier alpha value is -2.87. The Balaban J connectivity index is 1.61. The van der Waals surface area contributed by atoms with Crippen LogP contribution in [0.1, 0.15) is 25.0 Å². The van der Waals surface area contributed by atoms with Crippen molar-refractivity contribution in [1.82, 2.24) is 5.16 Å². The fourth-order valence-corrected chi connectivity index (χ4v) is 2.17. The van der Waals surface area contributed by atoms with E-state index in [4.69, 9.17) is 20.9 Å². The first kappa shape index (κ1) is 19.5. The summed E-state index contributed by atoms with van der Waals surface area (Å²) in [5, 5.41) is 9.12. The topological polar surface area (TPSA) is 111 Å². The lowest BCUT2D eigenvalue weighted by molar-refractivity contribution is -0.147. The number of halogens is 1. The van der Waals surface area contributed by atoms with E-state index in [9.17, 15) is 14.4 Å². The molecular weight excluding hydrogens is 362 g/mol. The van der Waals surface area contributed by atoms with Crippen LogP contribution >= 0.6 is 11.6 Å². The molecule has 138 valence electrons. The van der Waals surface area contributed by atoms with Crippen molar-refractivity contribution in [2.45, 2.75) is 26.2 Å². The summed E-state index contributed by atoms with van der Waals surface area (Å²) >= 11 is 5.95. The number of nitrogens with zero attached hydrogens (tertiary/aromatic N) is 1. The van der Waals surface area contributed by atoms with Crippen molar-refractivity contribution < 1.29 is 23.6 Å². The van der Waals surface area contributed by atoms with E-state index in [1.165, 1.54) is 6.07 Å². The molecule has 0 saturated heterocycles. The summed E-state index contributed by atoms with van der Waals surface area (Å²) in [5.41, 5.74) is 0.515. The number of anilines is 2. The third-order valence-corrected chi connectivity index (χ3v) is 3.52. The summed E-state index contributed by atoms with van der Waals surface area (Å²) < 4.78 is 9.64. The van der Waals surface area contributed by atoms with Gasteiger partial charge in [0.05, 0.1) is 10.7 Å². The lowest BCUT2D eigenvalue weighted by Crippen LogP contribution is -2.21. The summed E-state index contributed by atoms with van der Waals surface area (Å²) in [7, 11) is 0. The van der Waals surface area contributed by atoms with Crippen molar-refractivity contribution in [3.63, 3.8) is 0 Å². The van der Waals surface area contributed by atoms with Gasteiger partial charge < -0.3 is 19.9 Å². The number of aryl methyl sites for hydroxylation is 1. The number of para-hydroxylation sites is 1. The largest absolute Gasteiger partial charge is 0.456 e. The number of aromatic nitrogens is 1. The van der Waals surface area contributed by atoms with Gasteiger partial charge in [0.2, 0.25) is 5.91 Å². The zero-order valence-electron chi connectivity index (χ0n) is 14.1. The lowest BCUT2D eigenvalue weighted by Gasteiger charge is -2.07. The van der Waals surface area contributed by atoms with Crippen LogP contribution in [0.3, 0.4) is 0 Å². The van der Waals surface area contributed by atoms with Gasteiger partial charge in [-0.3, -0.25) is 14.4 Å². The van der Waals surface area contributed by atoms with E-state index < -0.39 is 18.5 Å². The molecule has 0 aliphatic carbocycles. The van der Waals surface area contributed by atoms with Crippen molar-refractivity contribution in [3.8, 4) is 0 Å². The van der Waals surface area contributed by atoms with E-state index >= 15 is 0 Å². The molecule has 0 atom stereocenters. The Kier molecular flexibility index (Phi) is 7.16.